The molecule has 0 fully saturated rings. The molecule has 0 aliphatic carbocycles. The lowest BCUT2D eigenvalue weighted by atomic mass is 9.57. The van der Waals surface area contributed by atoms with E-state index in [0.717, 1.165) is 0 Å². The van der Waals surface area contributed by atoms with Gasteiger partial charge >= 0.3 is 0 Å². The van der Waals surface area contributed by atoms with E-state index in [1.807, 2.05) is 62.3 Å². The predicted octanol–water partition coefficient (Wildman–Crippen LogP) is 2.58. The van der Waals surface area contributed by atoms with Crippen LogP contribution in [0.15, 0.2) is 0 Å². The first-order valence-corrected chi connectivity index (χ1v) is 6.65. The Kier molecular flexibility index (Phi) is 4.74. The molecule has 0 saturated carbocycles. The molecule has 0 saturated heterocycles. The van der Waals surface area contributed by atoms with Crippen molar-refractivity contribution in [2.24, 2.45) is 16.2 Å². The van der Waals surface area contributed by atoms with Crippen LogP contribution in [0.1, 0.15) is 62.3 Å². The molecule has 0 radical (unpaired) electrons. The SMILES string of the molecule is CC(C)(C)C(O)C(O)C(O)(C(C)(C)C)C(C)(C)C. The number of rotatable bonds is 2. The highest BCUT2D eigenvalue weighted by Crippen LogP contribution is 2.48. The second-order valence-electron chi connectivity index (χ2n) is 8.52. The zero-order valence-corrected chi connectivity index (χ0v) is 13.5. The number of hydrogen-bond acceptors (Lipinski definition) is 3. The van der Waals surface area contributed by atoms with E-state index in [-0.39, 0.29) is 0 Å². The van der Waals surface area contributed by atoms with Gasteiger partial charge in [0.1, 0.15) is 11.7 Å². The Hall–Kier alpha value is -0.120. The summed E-state index contributed by atoms with van der Waals surface area (Å²) in [5, 5.41) is 31.9. The van der Waals surface area contributed by atoms with Crippen LogP contribution >= 0.6 is 0 Å². The average Bonchev–Trinajstić information content (AvgIpc) is 2.08. The van der Waals surface area contributed by atoms with Crippen LogP contribution in [-0.4, -0.2) is 33.1 Å². The molecule has 0 aliphatic rings. The minimum Gasteiger partial charge on any atom is -0.390 e. The zero-order chi connectivity index (χ0) is 15.2. The fourth-order valence-electron chi connectivity index (χ4n) is 2.71. The molecule has 0 bridgehead atoms. The highest BCUT2D eigenvalue weighted by atomic mass is 16.4. The van der Waals surface area contributed by atoms with E-state index in [9.17, 15) is 15.3 Å². The fraction of sp³-hybridized carbons (Fsp3) is 1.00. The van der Waals surface area contributed by atoms with Crippen LogP contribution in [0.2, 0.25) is 0 Å². The van der Waals surface area contributed by atoms with Gasteiger partial charge in [0.15, 0.2) is 0 Å². The lowest BCUT2D eigenvalue weighted by Gasteiger charge is -2.54. The van der Waals surface area contributed by atoms with Crippen LogP contribution in [-0.2, 0) is 0 Å². The topological polar surface area (TPSA) is 60.7 Å². The third-order valence-electron chi connectivity index (χ3n) is 3.90. The first kappa shape index (κ1) is 17.9. The minimum atomic E-state index is -1.38. The van der Waals surface area contributed by atoms with Crippen molar-refractivity contribution in [3.63, 3.8) is 0 Å². The van der Waals surface area contributed by atoms with Crippen molar-refractivity contribution in [3.05, 3.63) is 0 Å². The predicted molar refractivity (Wildman–Crippen MR) is 75.3 cm³/mol. The van der Waals surface area contributed by atoms with Gasteiger partial charge in [-0.15, -0.1) is 0 Å². The molecule has 0 aromatic heterocycles. The van der Waals surface area contributed by atoms with Gasteiger partial charge in [-0.05, 0) is 16.2 Å². The van der Waals surface area contributed by atoms with Crippen LogP contribution in [0.4, 0.5) is 0 Å². The lowest BCUT2D eigenvalue weighted by Crippen LogP contribution is -2.65. The molecule has 2 unspecified atom stereocenters. The van der Waals surface area contributed by atoms with Gasteiger partial charge in [0.05, 0.1) is 6.10 Å². The Morgan fingerprint density at radius 3 is 1.06 bits per heavy atom. The first-order chi connectivity index (χ1) is 7.57. The van der Waals surface area contributed by atoms with Gasteiger partial charge in [-0.3, -0.25) is 0 Å². The molecular formula is C15H32O3. The molecule has 0 spiro atoms. The summed E-state index contributed by atoms with van der Waals surface area (Å²) < 4.78 is 0. The van der Waals surface area contributed by atoms with Gasteiger partial charge in [-0.2, -0.15) is 0 Å². The summed E-state index contributed by atoms with van der Waals surface area (Å²) in [5.41, 5.74) is -2.95. The molecule has 2 atom stereocenters. The van der Waals surface area contributed by atoms with E-state index in [2.05, 4.69) is 0 Å². The smallest absolute Gasteiger partial charge is 0.110 e. The molecule has 18 heavy (non-hydrogen) atoms. The number of aliphatic hydroxyl groups is 3. The van der Waals surface area contributed by atoms with Gasteiger partial charge in [0, 0.05) is 0 Å². The van der Waals surface area contributed by atoms with E-state index in [0.29, 0.717) is 0 Å². The third-order valence-corrected chi connectivity index (χ3v) is 3.90. The zero-order valence-electron chi connectivity index (χ0n) is 13.5. The molecular weight excluding hydrogens is 228 g/mol. The average molecular weight is 260 g/mol. The van der Waals surface area contributed by atoms with Crippen molar-refractivity contribution in [1.82, 2.24) is 0 Å². The maximum Gasteiger partial charge on any atom is 0.110 e. The van der Waals surface area contributed by atoms with Gasteiger partial charge < -0.3 is 15.3 Å². The van der Waals surface area contributed by atoms with Crippen LogP contribution < -0.4 is 0 Å². The Bertz CT molecular complexity index is 262. The third kappa shape index (κ3) is 3.06. The van der Waals surface area contributed by atoms with Crippen molar-refractivity contribution in [2.75, 3.05) is 0 Å². The van der Waals surface area contributed by atoms with Gasteiger partial charge in [0.2, 0.25) is 0 Å². The maximum absolute atomic E-state index is 11.1. The molecule has 0 aromatic carbocycles. The quantitative estimate of drug-likeness (QED) is 0.715. The van der Waals surface area contributed by atoms with Crippen molar-refractivity contribution >= 4 is 0 Å². The fourth-order valence-corrected chi connectivity index (χ4v) is 2.71. The van der Waals surface area contributed by atoms with Crippen molar-refractivity contribution in [2.45, 2.75) is 80.1 Å². The Balaban J connectivity index is 5.66. The van der Waals surface area contributed by atoms with Crippen LogP contribution in [0.3, 0.4) is 0 Å². The Morgan fingerprint density at radius 1 is 0.611 bits per heavy atom. The second kappa shape index (κ2) is 4.77. The van der Waals surface area contributed by atoms with E-state index in [1.54, 1.807) is 0 Å². The monoisotopic (exact) mass is 260 g/mol. The van der Waals surface area contributed by atoms with E-state index in [4.69, 9.17) is 0 Å². The van der Waals surface area contributed by atoms with E-state index in [1.165, 1.54) is 0 Å². The van der Waals surface area contributed by atoms with Crippen molar-refractivity contribution < 1.29 is 15.3 Å². The van der Waals surface area contributed by atoms with Crippen LogP contribution in [0, 0.1) is 16.2 Å². The van der Waals surface area contributed by atoms with Gasteiger partial charge in [0.25, 0.3) is 0 Å². The highest BCUT2D eigenvalue weighted by Gasteiger charge is 2.57. The standard InChI is InChI=1S/C15H32O3/c1-12(2,3)10(16)11(17)15(18,13(4,5)6)14(7,8)9/h10-11,16-18H,1-9H3. The normalized spacial score (nSPS) is 18.7. The molecule has 3 N–H and O–H groups in total. The first-order valence-electron chi connectivity index (χ1n) is 6.65. The summed E-state index contributed by atoms with van der Waals surface area (Å²) in [6, 6.07) is 0. The van der Waals surface area contributed by atoms with Crippen LogP contribution in [0.5, 0.6) is 0 Å². The Labute approximate surface area is 112 Å². The lowest BCUT2D eigenvalue weighted by molar-refractivity contribution is -0.238. The summed E-state index contributed by atoms with van der Waals surface area (Å²) >= 11 is 0. The molecule has 3 heteroatoms. The number of aliphatic hydroxyl groups excluding tert-OH is 2. The second-order valence-corrected chi connectivity index (χ2v) is 8.52. The molecule has 110 valence electrons. The van der Waals surface area contributed by atoms with E-state index >= 15 is 0 Å². The Morgan fingerprint density at radius 2 is 0.889 bits per heavy atom. The number of hydrogen-bond donors (Lipinski definition) is 3. The van der Waals surface area contributed by atoms with Crippen LogP contribution in [0.25, 0.3) is 0 Å². The summed E-state index contributed by atoms with van der Waals surface area (Å²) in [4.78, 5) is 0. The van der Waals surface area contributed by atoms with Crippen molar-refractivity contribution in [1.29, 1.82) is 0 Å². The van der Waals surface area contributed by atoms with Crippen molar-refractivity contribution in [3.8, 4) is 0 Å². The van der Waals surface area contributed by atoms with E-state index < -0.39 is 34.1 Å². The summed E-state index contributed by atoms with van der Waals surface area (Å²) in [7, 11) is 0. The molecule has 0 aromatic rings. The molecule has 0 aliphatic heterocycles. The summed E-state index contributed by atoms with van der Waals surface area (Å²) in [6.07, 6.45) is -2.18. The minimum absolute atomic E-state index is 0.482. The molecule has 0 rings (SSSR count). The maximum atomic E-state index is 11.1. The van der Waals surface area contributed by atoms with Gasteiger partial charge in [-0.1, -0.05) is 62.3 Å². The highest BCUT2D eigenvalue weighted by molar-refractivity contribution is 5.07. The van der Waals surface area contributed by atoms with Gasteiger partial charge in [-0.25, -0.2) is 0 Å². The molecule has 0 amide bonds. The molecule has 0 heterocycles. The summed E-state index contributed by atoms with van der Waals surface area (Å²) in [5.74, 6) is 0. The summed E-state index contributed by atoms with van der Waals surface area (Å²) in [6.45, 7) is 16.9. The largest absolute Gasteiger partial charge is 0.390 e. The molecule has 3 nitrogen and oxygen atoms in total.